The Labute approximate surface area is 158 Å². The number of methoxy groups -OCH3 is 1. The van der Waals surface area contributed by atoms with Gasteiger partial charge in [0.05, 0.1) is 12.7 Å². The summed E-state index contributed by atoms with van der Waals surface area (Å²) in [6.45, 7) is 6.87. The number of nitrogens with one attached hydrogen (secondary N) is 4. The highest BCUT2D eigenvalue weighted by molar-refractivity contribution is 6.35. The van der Waals surface area contributed by atoms with Gasteiger partial charge in [0.2, 0.25) is 0 Å². The summed E-state index contributed by atoms with van der Waals surface area (Å²) >= 11 is 0. The molecule has 0 aliphatic carbocycles. The molecule has 0 unspecified atom stereocenters. The molecular weight excluding hydrogens is 352 g/mol. The summed E-state index contributed by atoms with van der Waals surface area (Å²) < 4.78 is 5.14. The van der Waals surface area contributed by atoms with Crippen LogP contribution in [-0.4, -0.2) is 42.8 Å². The van der Waals surface area contributed by atoms with Crippen LogP contribution in [0.15, 0.2) is 24.3 Å². The molecule has 1 atom stereocenters. The number of hydrogen-bond donors (Lipinski definition) is 4. The minimum absolute atomic E-state index is 0.220. The van der Waals surface area contributed by atoms with Gasteiger partial charge >= 0.3 is 11.8 Å². The molecule has 0 heterocycles. The number of amides is 4. The highest BCUT2D eigenvalue weighted by atomic mass is 16.5. The molecule has 0 saturated heterocycles. The first-order valence-electron chi connectivity index (χ1n) is 8.51. The average Bonchev–Trinajstić information content (AvgIpc) is 2.62. The molecule has 0 bridgehead atoms. The summed E-state index contributed by atoms with van der Waals surface area (Å²) in [4.78, 5) is 48.0. The highest BCUT2D eigenvalue weighted by Gasteiger charge is 2.26. The van der Waals surface area contributed by atoms with Crippen molar-refractivity contribution in [2.75, 3.05) is 7.11 Å². The van der Waals surface area contributed by atoms with Crippen molar-refractivity contribution in [2.24, 2.45) is 5.92 Å². The number of ether oxygens (including phenoxy) is 1. The van der Waals surface area contributed by atoms with Gasteiger partial charge in [-0.05, 0) is 31.9 Å². The van der Waals surface area contributed by atoms with Gasteiger partial charge in [-0.25, -0.2) is 0 Å². The predicted molar refractivity (Wildman–Crippen MR) is 98.7 cm³/mol. The predicted octanol–water partition coefficient (Wildman–Crippen LogP) is 0.122. The number of benzene rings is 1. The Morgan fingerprint density at radius 1 is 0.889 bits per heavy atom. The van der Waals surface area contributed by atoms with Gasteiger partial charge in [-0.3, -0.25) is 30.0 Å². The number of carbonyl (C=O) groups excluding carboxylic acids is 4. The lowest BCUT2D eigenvalue weighted by Crippen LogP contribution is -2.56. The van der Waals surface area contributed by atoms with Crippen LogP contribution >= 0.6 is 0 Å². The summed E-state index contributed by atoms with van der Waals surface area (Å²) in [6.07, 6.45) is 0. The van der Waals surface area contributed by atoms with E-state index in [4.69, 9.17) is 4.74 Å². The number of para-hydroxylation sites is 1. The van der Waals surface area contributed by atoms with Gasteiger partial charge in [0.15, 0.2) is 0 Å². The van der Waals surface area contributed by atoms with E-state index >= 15 is 0 Å². The van der Waals surface area contributed by atoms with Gasteiger partial charge in [-0.2, -0.15) is 0 Å². The molecule has 27 heavy (non-hydrogen) atoms. The van der Waals surface area contributed by atoms with E-state index in [0.29, 0.717) is 5.75 Å². The van der Waals surface area contributed by atoms with Crippen molar-refractivity contribution in [2.45, 2.75) is 39.8 Å². The van der Waals surface area contributed by atoms with Gasteiger partial charge in [0.25, 0.3) is 11.8 Å². The number of hydrogen-bond acceptors (Lipinski definition) is 5. The third-order valence-electron chi connectivity index (χ3n) is 3.51. The van der Waals surface area contributed by atoms with Crippen molar-refractivity contribution in [3.8, 4) is 5.75 Å². The van der Waals surface area contributed by atoms with E-state index < -0.39 is 29.7 Å². The number of carbonyl (C=O) groups is 4. The van der Waals surface area contributed by atoms with Crippen LogP contribution in [0, 0.1) is 5.92 Å². The molecule has 9 nitrogen and oxygen atoms in total. The molecule has 0 aliphatic heterocycles. The standard InChI is InChI=1S/C18H26N4O5/c1-10(2)14(16(24)21-22-18(26)17(25)19-11(3)4)20-15(23)12-8-6-7-9-13(12)27-5/h6-11,14H,1-5H3,(H,19,25)(H,20,23)(H,21,24)(H,22,26)/t14-/m0/s1. The zero-order chi connectivity index (χ0) is 20.6. The van der Waals surface area contributed by atoms with E-state index in [-0.39, 0.29) is 17.5 Å². The summed E-state index contributed by atoms with van der Waals surface area (Å²) in [7, 11) is 1.44. The van der Waals surface area contributed by atoms with Crippen molar-refractivity contribution in [1.29, 1.82) is 0 Å². The molecule has 0 spiro atoms. The molecule has 0 aliphatic rings. The molecule has 1 aromatic carbocycles. The van der Waals surface area contributed by atoms with Crippen LogP contribution in [0.3, 0.4) is 0 Å². The first kappa shape index (κ1) is 21.9. The SMILES string of the molecule is COc1ccccc1C(=O)N[C@H](C(=O)NNC(=O)C(=O)NC(C)C)C(C)C. The van der Waals surface area contributed by atoms with Crippen LogP contribution in [-0.2, 0) is 14.4 Å². The molecule has 0 fully saturated rings. The first-order valence-corrected chi connectivity index (χ1v) is 8.51. The van der Waals surface area contributed by atoms with E-state index in [1.54, 1.807) is 52.0 Å². The van der Waals surface area contributed by atoms with E-state index in [9.17, 15) is 19.2 Å². The Balaban J connectivity index is 2.75. The molecule has 0 saturated carbocycles. The smallest absolute Gasteiger partial charge is 0.327 e. The fourth-order valence-electron chi connectivity index (χ4n) is 2.17. The second-order valence-corrected chi connectivity index (χ2v) is 6.47. The summed E-state index contributed by atoms with van der Waals surface area (Å²) in [5.74, 6) is -2.93. The minimum Gasteiger partial charge on any atom is -0.496 e. The van der Waals surface area contributed by atoms with Crippen molar-refractivity contribution in [3.63, 3.8) is 0 Å². The van der Waals surface area contributed by atoms with Crippen molar-refractivity contribution < 1.29 is 23.9 Å². The average molecular weight is 378 g/mol. The molecule has 4 amide bonds. The Bertz CT molecular complexity index is 703. The van der Waals surface area contributed by atoms with Crippen LogP contribution in [0.4, 0.5) is 0 Å². The number of hydrazine groups is 1. The molecule has 9 heteroatoms. The normalized spacial score (nSPS) is 11.5. The fraction of sp³-hybridized carbons (Fsp3) is 0.444. The molecule has 4 N–H and O–H groups in total. The summed E-state index contributed by atoms with van der Waals surface area (Å²) in [6, 6.07) is 5.45. The lowest BCUT2D eigenvalue weighted by atomic mass is 10.0. The summed E-state index contributed by atoms with van der Waals surface area (Å²) in [5.41, 5.74) is 4.47. The Kier molecular flexibility index (Phi) is 8.25. The second-order valence-electron chi connectivity index (χ2n) is 6.47. The van der Waals surface area contributed by atoms with E-state index in [1.807, 2.05) is 5.43 Å². The van der Waals surface area contributed by atoms with Gasteiger partial charge in [-0.15, -0.1) is 0 Å². The van der Waals surface area contributed by atoms with Crippen LogP contribution < -0.4 is 26.2 Å². The maximum atomic E-state index is 12.5. The quantitative estimate of drug-likeness (QED) is 0.413. The summed E-state index contributed by atoms with van der Waals surface area (Å²) in [5, 5.41) is 5.01. The third kappa shape index (κ3) is 6.61. The van der Waals surface area contributed by atoms with Crippen LogP contribution in [0.2, 0.25) is 0 Å². The Morgan fingerprint density at radius 2 is 1.52 bits per heavy atom. The topological polar surface area (TPSA) is 126 Å². The molecular formula is C18H26N4O5. The van der Waals surface area contributed by atoms with Crippen molar-refractivity contribution in [3.05, 3.63) is 29.8 Å². The van der Waals surface area contributed by atoms with E-state index in [1.165, 1.54) is 7.11 Å². The van der Waals surface area contributed by atoms with E-state index in [2.05, 4.69) is 16.1 Å². The maximum Gasteiger partial charge on any atom is 0.327 e. The Morgan fingerprint density at radius 3 is 2.07 bits per heavy atom. The Hall–Kier alpha value is -3.10. The van der Waals surface area contributed by atoms with E-state index in [0.717, 1.165) is 0 Å². The lowest BCUT2D eigenvalue weighted by Gasteiger charge is -2.22. The van der Waals surface area contributed by atoms with Gasteiger partial charge in [0, 0.05) is 6.04 Å². The van der Waals surface area contributed by atoms with Crippen molar-refractivity contribution >= 4 is 23.6 Å². The van der Waals surface area contributed by atoms with Crippen LogP contribution in [0.1, 0.15) is 38.1 Å². The highest BCUT2D eigenvalue weighted by Crippen LogP contribution is 2.17. The second kappa shape index (κ2) is 10.1. The van der Waals surface area contributed by atoms with Gasteiger partial charge in [0.1, 0.15) is 11.8 Å². The largest absolute Gasteiger partial charge is 0.496 e. The number of rotatable bonds is 6. The zero-order valence-corrected chi connectivity index (χ0v) is 16.1. The fourth-order valence-corrected chi connectivity index (χ4v) is 2.17. The van der Waals surface area contributed by atoms with Crippen LogP contribution in [0.5, 0.6) is 5.75 Å². The molecule has 0 aromatic heterocycles. The molecule has 0 radical (unpaired) electrons. The van der Waals surface area contributed by atoms with Crippen LogP contribution in [0.25, 0.3) is 0 Å². The molecule has 1 aromatic rings. The molecule has 148 valence electrons. The zero-order valence-electron chi connectivity index (χ0n) is 16.1. The van der Waals surface area contributed by atoms with Crippen molar-refractivity contribution in [1.82, 2.24) is 21.5 Å². The lowest BCUT2D eigenvalue weighted by molar-refractivity contribution is -0.141. The monoisotopic (exact) mass is 378 g/mol. The first-order chi connectivity index (χ1) is 12.7. The van der Waals surface area contributed by atoms with Gasteiger partial charge < -0.3 is 15.4 Å². The van der Waals surface area contributed by atoms with Gasteiger partial charge in [-0.1, -0.05) is 26.0 Å². The third-order valence-corrected chi connectivity index (χ3v) is 3.51. The molecule has 1 rings (SSSR count). The maximum absolute atomic E-state index is 12.5. The minimum atomic E-state index is -1.00.